The quantitative estimate of drug-likeness (QED) is 0.752. The van der Waals surface area contributed by atoms with Gasteiger partial charge in [0.1, 0.15) is 0 Å². The van der Waals surface area contributed by atoms with Crippen molar-refractivity contribution in [2.24, 2.45) is 23.2 Å². The molecule has 152 valence electrons. The first kappa shape index (κ1) is 19.5. The van der Waals surface area contributed by atoms with E-state index in [1.807, 2.05) is 32.0 Å². The zero-order valence-electron chi connectivity index (χ0n) is 17.4. The van der Waals surface area contributed by atoms with Crippen LogP contribution in [0, 0.1) is 37.0 Å². The lowest BCUT2D eigenvalue weighted by molar-refractivity contribution is -0.148. The third-order valence-electron chi connectivity index (χ3n) is 7.67. The minimum Gasteiger partial charge on any atom is -0.455 e. The first-order valence-electron chi connectivity index (χ1n) is 10.8. The molecule has 1 amide bonds. The van der Waals surface area contributed by atoms with Gasteiger partial charge < -0.3 is 10.1 Å². The van der Waals surface area contributed by atoms with Crippen LogP contribution in [0.4, 0.5) is 0 Å². The van der Waals surface area contributed by atoms with Gasteiger partial charge in [0.25, 0.3) is 5.91 Å². The number of ether oxygens (including phenoxy) is 1. The number of amides is 1. The lowest BCUT2D eigenvalue weighted by Crippen LogP contribution is -2.56. The van der Waals surface area contributed by atoms with Gasteiger partial charge in [-0.3, -0.25) is 9.59 Å². The fraction of sp³-hybridized carbons (Fsp3) is 0.667. The maximum Gasteiger partial charge on any atom is 0.310 e. The van der Waals surface area contributed by atoms with Crippen LogP contribution in [0.5, 0.6) is 0 Å². The Hall–Kier alpha value is -1.84. The van der Waals surface area contributed by atoms with E-state index in [-0.39, 0.29) is 36.4 Å². The fourth-order valence-electron chi connectivity index (χ4n) is 6.42. The minimum absolute atomic E-state index is 0.159. The molecule has 0 aliphatic heterocycles. The van der Waals surface area contributed by atoms with Gasteiger partial charge in [0.2, 0.25) is 0 Å². The molecule has 0 heterocycles. The topological polar surface area (TPSA) is 55.4 Å². The molecule has 0 unspecified atom stereocenters. The van der Waals surface area contributed by atoms with Crippen LogP contribution < -0.4 is 5.32 Å². The Morgan fingerprint density at radius 3 is 2.25 bits per heavy atom. The highest BCUT2D eigenvalue weighted by Crippen LogP contribution is 2.61. The van der Waals surface area contributed by atoms with E-state index in [0.717, 1.165) is 28.9 Å². The van der Waals surface area contributed by atoms with Crippen LogP contribution in [0.15, 0.2) is 18.2 Å². The van der Waals surface area contributed by atoms with E-state index < -0.39 is 0 Å². The summed E-state index contributed by atoms with van der Waals surface area (Å²) in [6, 6.07) is 6.12. The maximum absolute atomic E-state index is 12.4. The van der Waals surface area contributed by atoms with Crippen molar-refractivity contribution in [1.82, 2.24) is 5.32 Å². The molecule has 4 bridgehead atoms. The van der Waals surface area contributed by atoms with E-state index >= 15 is 0 Å². The predicted molar refractivity (Wildman–Crippen MR) is 109 cm³/mol. The molecule has 1 atom stereocenters. The number of benzene rings is 1. The van der Waals surface area contributed by atoms with Gasteiger partial charge in [0.15, 0.2) is 6.61 Å². The van der Waals surface area contributed by atoms with Gasteiger partial charge in [-0.1, -0.05) is 18.2 Å². The smallest absolute Gasteiger partial charge is 0.310 e. The average molecular weight is 384 g/mol. The second kappa shape index (κ2) is 7.53. The highest BCUT2D eigenvalue weighted by Gasteiger charge is 2.53. The Labute approximate surface area is 168 Å². The van der Waals surface area contributed by atoms with E-state index in [2.05, 4.69) is 12.2 Å². The van der Waals surface area contributed by atoms with Gasteiger partial charge >= 0.3 is 5.97 Å². The summed E-state index contributed by atoms with van der Waals surface area (Å²) in [7, 11) is 0. The monoisotopic (exact) mass is 383 g/mol. The summed E-state index contributed by atoms with van der Waals surface area (Å²) in [6.45, 7) is 6.05. The highest BCUT2D eigenvalue weighted by molar-refractivity contribution is 5.81. The number of nitrogens with one attached hydrogen (secondary N) is 1. The van der Waals surface area contributed by atoms with Crippen LogP contribution in [0.25, 0.3) is 0 Å². The summed E-state index contributed by atoms with van der Waals surface area (Å²) in [5, 5.41) is 3.16. The summed E-state index contributed by atoms with van der Waals surface area (Å²) < 4.78 is 5.25. The van der Waals surface area contributed by atoms with Gasteiger partial charge in [0, 0.05) is 6.04 Å². The van der Waals surface area contributed by atoms with Crippen molar-refractivity contribution in [3.8, 4) is 0 Å². The molecule has 4 fully saturated rings. The van der Waals surface area contributed by atoms with E-state index in [0.29, 0.717) is 0 Å². The fourth-order valence-corrected chi connectivity index (χ4v) is 6.42. The molecule has 1 N–H and O–H groups in total. The lowest BCUT2D eigenvalue weighted by Gasteiger charge is -2.59. The molecular weight excluding hydrogens is 350 g/mol. The average Bonchev–Trinajstić information content (AvgIpc) is 2.62. The number of carbonyl (C=O) groups excluding carboxylic acids is 2. The third kappa shape index (κ3) is 3.97. The van der Waals surface area contributed by atoms with Crippen molar-refractivity contribution in [2.45, 2.75) is 71.8 Å². The Morgan fingerprint density at radius 1 is 1.07 bits per heavy atom. The minimum atomic E-state index is -0.346. The van der Waals surface area contributed by atoms with E-state index in [9.17, 15) is 9.59 Å². The number of aryl methyl sites for hydroxylation is 2. The number of carbonyl (C=O) groups is 2. The SMILES string of the molecule is Cc1ccc(CC(=O)OCC(=O)N[C@H](C)C23CC4CC(CC(C4)C2)C3)cc1C. The lowest BCUT2D eigenvalue weighted by atomic mass is 9.48. The van der Waals surface area contributed by atoms with Gasteiger partial charge in [-0.2, -0.15) is 0 Å². The molecule has 1 aromatic carbocycles. The van der Waals surface area contributed by atoms with Crippen LogP contribution in [0.1, 0.15) is 62.1 Å². The van der Waals surface area contributed by atoms with Crippen LogP contribution in [-0.2, 0) is 20.7 Å². The first-order chi connectivity index (χ1) is 13.3. The van der Waals surface area contributed by atoms with Crippen LogP contribution in [-0.4, -0.2) is 24.5 Å². The maximum atomic E-state index is 12.4. The zero-order chi connectivity index (χ0) is 19.9. The Kier molecular flexibility index (Phi) is 5.24. The van der Waals surface area contributed by atoms with Crippen LogP contribution in [0.3, 0.4) is 0 Å². The van der Waals surface area contributed by atoms with Crippen molar-refractivity contribution < 1.29 is 14.3 Å². The highest BCUT2D eigenvalue weighted by atomic mass is 16.5. The predicted octanol–water partition coefficient (Wildman–Crippen LogP) is 4.11. The number of rotatable bonds is 6. The van der Waals surface area contributed by atoms with Gasteiger partial charge in [-0.15, -0.1) is 0 Å². The number of hydrogen-bond donors (Lipinski definition) is 1. The summed E-state index contributed by atoms with van der Waals surface area (Å²) in [6.07, 6.45) is 8.17. The molecule has 4 nitrogen and oxygen atoms in total. The van der Waals surface area contributed by atoms with Crippen LogP contribution >= 0.6 is 0 Å². The second-order valence-corrected chi connectivity index (χ2v) is 9.83. The van der Waals surface area contributed by atoms with E-state index in [1.165, 1.54) is 44.1 Å². The van der Waals surface area contributed by atoms with Crippen molar-refractivity contribution in [2.75, 3.05) is 6.61 Å². The summed E-state index contributed by atoms with van der Waals surface area (Å²) >= 11 is 0. The first-order valence-corrected chi connectivity index (χ1v) is 10.8. The molecule has 1 aromatic rings. The molecule has 0 aromatic heterocycles. The molecular formula is C24H33NO3. The zero-order valence-corrected chi connectivity index (χ0v) is 17.4. The Balaban J connectivity index is 1.26. The molecule has 4 aliphatic rings. The van der Waals surface area contributed by atoms with Gasteiger partial charge in [0.05, 0.1) is 6.42 Å². The molecule has 4 heteroatoms. The molecule has 4 saturated carbocycles. The standard InChI is InChI=1S/C24H33NO3/c1-15-4-5-18(6-16(15)2)10-23(27)28-14-22(26)25-17(3)24-11-19-7-20(12-24)9-21(8-19)13-24/h4-6,17,19-21H,7-14H2,1-3H3,(H,25,26)/t17-,19?,20?,21?,24?/m1/s1. The molecule has 4 aliphatic carbocycles. The van der Waals surface area contributed by atoms with Crippen molar-refractivity contribution in [1.29, 1.82) is 0 Å². The summed E-state index contributed by atoms with van der Waals surface area (Å²) in [5.41, 5.74) is 3.56. The molecule has 0 radical (unpaired) electrons. The molecule has 5 rings (SSSR count). The van der Waals surface area contributed by atoms with Gasteiger partial charge in [-0.05, 0) is 99.2 Å². The van der Waals surface area contributed by atoms with E-state index in [4.69, 9.17) is 4.74 Å². The summed E-state index contributed by atoms with van der Waals surface area (Å²) in [5.74, 6) is 2.07. The Morgan fingerprint density at radius 2 is 1.68 bits per heavy atom. The van der Waals surface area contributed by atoms with Crippen molar-refractivity contribution >= 4 is 11.9 Å². The normalized spacial score (nSPS) is 31.5. The van der Waals surface area contributed by atoms with Crippen molar-refractivity contribution in [3.05, 3.63) is 34.9 Å². The third-order valence-corrected chi connectivity index (χ3v) is 7.67. The molecule has 0 spiro atoms. The summed E-state index contributed by atoms with van der Waals surface area (Å²) in [4.78, 5) is 24.5. The van der Waals surface area contributed by atoms with Crippen LogP contribution in [0.2, 0.25) is 0 Å². The number of hydrogen-bond acceptors (Lipinski definition) is 3. The largest absolute Gasteiger partial charge is 0.455 e. The second-order valence-electron chi connectivity index (χ2n) is 9.83. The molecule has 28 heavy (non-hydrogen) atoms. The Bertz CT molecular complexity index is 734. The van der Waals surface area contributed by atoms with Crippen molar-refractivity contribution in [3.63, 3.8) is 0 Å². The van der Waals surface area contributed by atoms with E-state index in [1.54, 1.807) is 0 Å². The molecule has 0 saturated heterocycles. The van der Waals surface area contributed by atoms with Gasteiger partial charge in [-0.25, -0.2) is 0 Å². The number of esters is 1.